The second kappa shape index (κ2) is 6.23. The van der Waals surface area contributed by atoms with Crippen molar-refractivity contribution in [2.75, 3.05) is 0 Å². The standard InChI is InChI=1S/C23H30N2O/c1-2-23(12-16-6-5-7-17(10-16)13-23)22(26)11-20-18-8-3-4-9-19(18)21-14-24-15-25(20)21/h3-4,8-9,14-17,20,22,26H,2,5-7,10-13H2,1H3/t16-,17?,20?,22?,23?/m1/s1. The Morgan fingerprint density at radius 3 is 2.77 bits per heavy atom. The second-order valence-electron chi connectivity index (χ2n) is 9.06. The highest BCUT2D eigenvalue weighted by atomic mass is 16.3. The Kier molecular flexibility index (Phi) is 3.97. The molecule has 3 aliphatic rings. The van der Waals surface area contributed by atoms with Crippen LogP contribution in [0.3, 0.4) is 0 Å². The summed E-state index contributed by atoms with van der Waals surface area (Å²) in [5.41, 5.74) is 3.95. The third kappa shape index (κ3) is 2.47. The van der Waals surface area contributed by atoms with Gasteiger partial charge in [0.05, 0.1) is 30.4 Å². The molecule has 26 heavy (non-hydrogen) atoms. The molecule has 5 atom stereocenters. The van der Waals surface area contributed by atoms with Gasteiger partial charge >= 0.3 is 0 Å². The van der Waals surface area contributed by atoms with Gasteiger partial charge in [-0.2, -0.15) is 0 Å². The predicted octanol–water partition coefficient (Wildman–Crippen LogP) is 5.20. The van der Waals surface area contributed by atoms with Crippen molar-refractivity contribution in [3.63, 3.8) is 0 Å². The van der Waals surface area contributed by atoms with Crippen LogP contribution in [0.4, 0.5) is 0 Å². The first kappa shape index (κ1) is 16.6. The highest BCUT2D eigenvalue weighted by Gasteiger charge is 2.46. The number of imidazole rings is 1. The molecule has 2 heterocycles. The van der Waals surface area contributed by atoms with Crippen LogP contribution < -0.4 is 0 Å². The number of benzene rings is 1. The van der Waals surface area contributed by atoms with Crippen LogP contribution in [0.15, 0.2) is 36.8 Å². The van der Waals surface area contributed by atoms with Crippen molar-refractivity contribution in [2.45, 2.75) is 70.4 Å². The second-order valence-corrected chi connectivity index (χ2v) is 9.06. The summed E-state index contributed by atoms with van der Waals surface area (Å²) in [4.78, 5) is 4.38. The van der Waals surface area contributed by atoms with Gasteiger partial charge in [-0.3, -0.25) is 0 Å². The number of nitrogens with zero attached hydrogens (tertiary/aromatic N) is 2. The van der Waals surface area contributed by atoms with E-state index >= 15 is 0 Å². The summed E-state index contributed by atoms with van der Waals surface area (Å²) >= 11 is 0. The molecule has 1 aromatic carbocycles. The lowest BCUT2D eigenvalue weighted by molar-refractivity contribution is -0.0604. The molecule has 2 saturated carbocycles. The lowest BCUT2D eigenvalue weighted by Crippen LogP contribution is -2.44. The third-order valence-corrected chi connectivity index (χ3v) is 7.74. The normalized spacial score (nSPS) is 33.5. The molecule has 0 amide bonds. The van der Waals surface area contributed by atoms with Crippen LogP contribution in [0.2, 0.25) is 0 Å². The van der Waals surface area contributed by atoms with E-state index in [2.05, 4.69) is 40.7 Å². The number of hydrogen-bond acceptors (Lipinski definition) is 2. The molecule has 1 N–H and O–H groups in total. The van der Waals surface area contributed by atoms with Gasteiger partial charge in [-0.1, -0.05) is 50.5 Å². The van der Waals surface area contributed by atoms with Crippen LogP contribution in [0.25, 0.3) is 11.3 Å². The Balaban J connectivity index is 1.44. The number of aromatic nitrogens is 2. The molecule has 2 fully saturated rings. The largest absolute Gasteiger partial charge is 0.392 e. The SMILES string of the molecule is CCC1(C(O)CC2c3ccccc3-c3cncn32)CC2CCC[C@H](C2)C1. The van der Waals surface area contributed by atoms with E-state index in [-0.39, 0.29) is 17.6 Å². The van der Waals surface area contributed by atoms with Crippen LogP contribution in [0.5, 0.6) is 0 Å². The van der Waals surface area contributed by atoms with Gasteiger partial charge < -0.3 is 9.67 Å². The molecule has 3 nitrogen and oxygen atoms in total. The average Bonchev–Trinajstić information content (AvgIpc) is 3.24. The molecular formula is C23H30N2O. The zero-order chi connectivity index (χ0) is 17.7. The number of aliphatic hydroxyl groups excluding tert-OH is 1. The molecule has 3 heteroatoms. The minimum Gasteiger partial charge on any atom is -0.392 e. The summed E-state index contributed by atoms with van der Waals surface area (Å²) in [6.45, 7) is 2.30. The summed E-state index contributed by atoms with van der Waals surface area (Å²) in [5, 5.41) is 11.5. The van der Waals surface area contributed by atoms with E-state index in [0.717, 1.165) is 24.7 Å². The van der Waals surface area contributed by atoms with E-state index in [1.165, 1.54) is 55.3 Å². The van der Waals surface area contributed by atoms with Crippen LogP contribution in [-0.4, -0.2) is 20.8 Å². The molecule has 2 bridgehead atoms. The molecule has 138 valence electrons. The molecule has 2 aliphatic carbocycles. The monoisotopic (exact) mass is 350 g/mol. The smallest absolute Gasteiger partial charge is 0.0956 e. The maximum absolute atomic E-state index is 11.5. The van der Waals surface area contributed by atoms with Crippen molar-refractivity contribution in [3.05, 3.63) is 42.4 Å². The van der Waals surface area contributed by atoms with Gasteiger partial charge in [0.1, 0.15) is 0 Å². The molecule has 0 radical (unpaired) electrons. The van der Waals surface area contributed by atoms with Crippen molar-refractivity contribution < 1.29 is 5.11 Å². The maximum atomic E-state index is 11.5. The van der Waals surface area contributed by atoms with Crippen LogP contribution >= 0.6 is 0 Å². The van der Waals surface area contributed by atoms with Crippen molar-refractivity contribution in [2.24, 2.45) is 17.3 Å². The van der Waals surface area contributed by atoms with E-state index in [0.29, 0.717) is 0 Å². The van der Waals surface area contributed by atoms with Crippen LogP contribution in [-0.2, 0) is 0 Å². The van der Waals surface area contributed by atoms with Crippen molar-refractivity contribution in [1.29, 1.82) is 0 Å². The van der Waals surface area contributed by atoms with Gasteiger partial charge in [0.15, 0.2) is 0 Å². The molecular weight excluding hydrogens is 320 g/mol. The molecule has 0 spiro atoms. The minimum atomic E-state index is -0.234. The summed E-state index contributed by atoms with van der Waals surface area (Å²) in [6, 6.07) is 8.87. The first-order valence-corrected chi connectivity index (χ1v) is 10.5. The van der Waals surface area contributed by atoms with Gasteiger partial charge in [0.2, 0.25) is 0 Å². The zero-order valence-corrected chi connectivity index (χ0v) is 15.8. The van der Waals surface area contributed by atoms with E-state index < -0.39 is 0 Å². The maximum Gasteiger partial charge on any atom is 0.0956 e. The van der Waals surface area contributed by atoms with Crippen LogP contribution in [0.1, 0.15) is 69.9 Å². The fourth-order valence-electron chi connectivity index (χ4n) is 6.44. The number of rotatable bonds is 4. The Labute approximate surface area is 156 Å². The molecule has 4 unspecified atom stereocenters. The number of hydrogen-bond donors (Lipinski definition) is 1. The van der Waals surface area contributed by atoms with Gasteiger partial charge in [-0.05, 0) is 54.9 Å². The minimum absolute atomic E-state index is 0.117. The summed E-state index contributed by atoms with van der Waals surface area (Å²) < 4.78 is 2.28. The van der Waals surface area contributed by atoms with E-state index in [1.807, 2.05) is 12.5 Å². The topological polar surface area (TPSA) is 38.1 Å². The van der Waals surface area contributed by atoms with Gasteiger partial charge in [0.25, 0.3) is 0 Å². The fraction of sp³-hybridized carbons (Fsp3) is 0.609. The lowest BCUT2D eigenvalue weighted by atomic mass is 9.57. The Morgan fingerprint density at radius 2 is 2.00 bits per heavy atom. The van der Waals surface area contributed by atoms with Gasteiger partial charge in [-0.15, -0.1) is 0 Å². The quantitative estimate of drug-likeness (QED) is 0.823. The van der Waals surface area contributed by atoms with Crippen LogP contribution in [0, 0.1) is 17.3 Å². The average molecular weight is 351 g/mol. The summed E-state index contributed by atoms with van der Waals surface area (Å²) in [7, 11) is 0. The molecule has 1 aromatic heterocycles. The Morgan fingerprint density at radius 1 is 1.23 bits per heavy atom. The highest BCUT2D eigenvalue weighted by molar-refractivity contribution is 5.68. The summed E-state index contributed by atoms with van der Waals surface area (Å²) in [5.74, 6) is 1.69. The first-order chi connectivity index (χ1) is 12.7. The van der Waals surface area contributed by atoms with Crippen molar-refractivity contribution in [1.82, 2.24) is 9.55 Å². The van der Waals surface area contributed by atoms with Crippen molar-refractivity contribution >= 4 is 0 Å². The van der Waals surface area contributed by atoms with E-state index in [1.54, 1.807) is 0 Å². The molecule has 0 saturated heterocycles. The molecule has 1 aliphatic heterocycles. The zero-order valence-electron chi connectivity index (χ0n) is 15.8. The predicted molar refractivity (Wildman–Crippen MR) is 104 cm³/mol. The van der Waals surface area contributed by atoms with Gasteiger partial charge in [0, 0.05) is 5.56 Å². The van der Waals surface area contributed by atoms with E-state index in [4.69, 9.17) is 0 Å². The lowest BCUT2D eigenvalue weighted by Gasteiger charge is -2.50. The molecule has 5 rings (SSSR count). The first-order valence-electron chi connectivity index (χ1n) is 10.5. The Hall–Kier alpha value is -1.61. The molecule has 2 aromatic rings. The van der Waals surface area contributed by atoms with Gasteiger partial charge in [-0.25, -0.2) is 4.98 Å². The Bertz CT molecular complexity index is 783. The number of aliphatic hydroxyl groups is 1. The van der Waals surface area contributed by atoms with E-state index in [9.17, 15) is 5.11 Å². The fourth-order valence-corrected chi connectivity index (χ4v) is 6.44. The number of fused-ring (bicyclic) bond motifs is 5. The highest BCUT2D eigenvalue weighted by Crippen LogP contribution is 2.54. The third-order valence-electron chi connectivity index (χ3n) is 7.74. The van der Waals surface area contributed by atoms with Crippen molar-refractivity contribution in [3.8, 4) is 11.3 Å². The summed E-state index contributed by atoms with van der Waals surface area (Å²) in [6.07, 6.45) is 13.6.